The van der Waals surface area contributed by atoms with Gasteiger partial charge in [0.05, 0.1) is 6.04 Å². The van der Waals surface area contributed by atoms with Crippen molar-refractivity contribution in [2.24, 2.45) is 11.3 Å². The van der Waals surface area contributed by atoms with E-state index < -0.39 is 0 Å². The van der Waals surface area contributed by atoms with Gasteiger partial charge in [-0.25, -0.2) is 0 Å². The van der Waals surface area contributed by atoms with Crippen LogP contribution in [0.25, 0.3) is 0 Å². The lowest BCUT2D eigenvalue weighted by molar-refractivity contribution is -0.134. The monoisotopic (exact) mass is 319 g/mol. The summed E-state index contributed by atoms with van der Waals surface area (Å²) in [5, 5.41) is 3.00. The molecule has 1 N–H and O–H groups in total. The van der Waals surface area contributed by atoms with Crippen molar-refractivity contribution in [2.45, 2.75) is 57.4 Å². The fourth-order valence-corrected chi connectivity index (χ4v) is 5.26. The zero-order chi connectivity index (χ0) is 15.9. The van der Waals surface area contributed by atoms with Crippen LogP contribution in [0.15, 0.2) is 0 Å². The first-order chi connectivity index (χ1) is 11.2. The first kappa shape index (κ1) is 15.4. The Morgan fingerprint density at radius 2 is 1.91 bits per heavy atom. The van der Waals surface area contributed by atoms with Gasteiger partial charge in [-0.1, -0.05) is 12.8 Å². The number of likely N-dealkylation sites (tertiary alicyclic amines) is 1. The van der Waals surface area contributed by atoms with Crippen LogP contribution in [0.4, 0.5) is 0 Å². The van der Waals surface area contributed by atoms with E-state index in [2.05, 4.69) is 15.1 Å². The number of amides is 2. The molecule has 5 heteroatoms. The quantitative estimate of drug-likeness (QED) is 0.836. The van der Waals surface area contributed by atoms with Crippen LogP contribution < -0.4 is 5.32 Å². The normalized spacial score (nSPS) is 31.4. The third kappa shape index (κ3) is 3.00. The van der Waals surface area contributed by atoms with Gasteiger partial charge in [-0.05, 0) is 43.4 Å². The predicted molar refractivity (Wildman–Crippen MR) is 87.8 cm³/mol. The molecule has 23 heavy (non-hydrogen) atoms. The van der Waals surface area contributed by atoms with Crippen molar-refractivity contribution in [3.8, 4) is 0 Å². The van der Waals surface area contributed by atoms with Crippen molar-refractivity contribution in [1.29, 1.82) is 0 Å². The van der Waals surface area contributed by atoms with E-state index >= 15 is 0 Å². The maximum atomic E-state index is 12.5. The smallest absolute Gasteiger partial charge is 0.237 e. The lowest BCUT2D eigenvalue weighted by Gasteiger charge is -2.39. The number of carbonyl (C=O) groups excluding carboxylic acids is 2. The second-order valence-electron chi connectivity index (χ2n) is 8.22. The van der Waals surface area contributed by atoms with Gasteiger partial charge in [0.25, 0.3) is 0 Å². The summed E-state index contributed by atoms with van der Waals surface area (Å²) < 4.78 is 0. The van der Waals surface area contributed by atoms with Crippen LogP contribution in [0.3, 0.4) is 0 Å². The minimum Gasteiger partial charge on any atom is -0.353 e. The summed E-state index contributed by atoms with van der Waals surface area (Å²) in [4.78, 5) is 29.0. The average molecular weight is 319 g/mol. The Morgan fingerprint density at radius 1 is 1.17 bits per heavy atom. The molecular formula is C18H29N3O2. The maximum absolute atomic E-state index is 12.5. The van der Waals surface area contributed by atoms with Crippen molar-refractivity contribution in [1.82, 2.24) is 15.1 Å². The molecule has 1 atom stereocenters. The minimum absolute atomic E-state index is 0.0875. The van der Waals surface area contributed by atoms with Crippen LogP contribution in [0.5, 0.6) is 0 Å². The molecular weight excluding hydrogens is 290 g/mol. The summed E-state index contributed by atoms with van der Waals surface area (Å²) in [6.45, 7) is 4.62. The molecule has 0 aromatic heterocycles. The van der Waals surface area contributed by atoms with Crippen LogP contribution >= 0.6 is 0 Å². The molecule has 3 aliphatic heterocycles. The van der Waals surface area contributed by atoms with Gasteiger partial charge >= 0.3 is 0 Å². The third-order valence-corrected chi connectivity index (χ3v) is 6.72. The first-order valence-corrected chi connectivity index (χ1v) is 9.45. The lowest BCUT2D eigenvalue weighted by atomic mass is 9.76. The number of hydrogen-bond acceptors (Lipinski definition) is 3. The van der Waals surface area contributed by atoms with Gasteiger partial charge in [-0.2, -0.15) is 0 Å². The molecule has 0 aromatic carbocycles. The molecule has 1 aliphatic carbocycles. The Labute approximate surface area is 138 Å². The molecule has 1 spiro atoms. The van der Waals surface area contributed by atoms with Crippen molar-refractivity contribution < 1.29 is 9.59 Å². The average Bonchev–Trinajstić information content (AvgIpc) is 3.16. The highest BCUT2D eigenvalue weighted by molar-refractivity contribution is 5.83. The number of hydrogen-bond donors (Lipinski definition) is 1. The summed E-state index contributed by atoms with van der Waals surface area (Å²) in [6.07, 6.45) is 9.01. The summed E-state index contributed by atoms with van der Waals surface area (Å²) in [6, 6.07) is 0.0875. The van der Waals surface area contributed by atoms with Crippen LogP contribution in [0, 0.1) is 11.3 Å². The van der Waals surface area contributed by atoms with E-state index in [4.69, 9.17) is 0 Å². The molecule has 1 unspecified atom stereocenters. The SMILES string of the molecule is O=C1NCCN2CC3(CCN(C(=O)CC4CCCC4)CC3)CC12. The van der Waals surface area contributed by atoms with E-state index in [9.17, 15) is 9.59 Å². The Bertz CT molecular complexity index is 479. The Kier molecular flexibility index (Phi) is 4.08. The van der Waals surface area contributed by atoms with Gasteiger partial charge < -0.3 is 10.2 Å². The molecule has 128 valence electrons. The standard InChI is InChI=1S/C18H29N3O2/c22-16(11-14-3-1-2-4-14)20-8-5-18(6-9-20)12-15-17(23)19-7-10-21(15)13-18/h14-15H,1-13H2,(H,19,23). The van der Waals surface area contributed by atoms with Crippen molar-refractivity contribution in [3.63, 3.8) is 0 Å². The Balaban J connectivity index is 1.32. The highest BCUT2D eigenvalue weighted by atomic mass is 16.2. The van der Waals surface area contributed by atoms with Crippen LogP contribution in [-0.2, 0) is 9.59 Å². The summed E-state index contributed by atoms with van der Waals surface area (Å²) in [7, 11) is 0. The summed E-state index contributed by atoms with van der Waals surface area (Å²) >= 11 is 0. The second kappa shape index (κ2) is 6.08. The number of fused-ring (bicyclic) bond motifs is 1. The maximum Gasteiger partial charge on any atom is 0.237 e. The molecule has 4 fully saturated rings. The van der Waals surface area contributed by atoms with E-state index in [1.807, 2.05) is 0 Å². The summed E-state index contributed by atoms with van der Waals surface area (Å²) in [5.74, 6) is 1.23. The van der Waals surface area contributed by atoms with Crippen molar-refractivity contribution in [2.75, 3.05) is 32.7 Å². The Hall–Kier alpha value is -1.10. The summed E-state index contributed by atoms with van der Waals surface area (Å²) in [5.41, 5.74) is 0.274. The fraction of sp³-hybridized carbons (Fsp3) is 0.889. The first-order valence-electron chi connectivity index (χ1n) is 9.45. The van der Waals surface area contributed by atoms with Gasteiger partial charge in [0.15, 0.2) is 0 Å². The number of carbonyl (C=O) groups is 2. The third-order valence-electron chi connectivity index (χ3n) is 6.72. The number of nitrogens with zero attached hydrogens (tertiary/aromatic N) is 2. The van der Waals surface area contributed by atoms with E-state index in [-0.39, 0.29) is 17.4 Å². The van der Waals surface area contributed by atoms with Crippen LogP contribution in [-0.4, -0.2) is 60.4 Å². The van der Waals surface area contributed by atoms with Crippen molar-refractivity contribution in [3.05, 3.63) is 0 Å². The van der Waals surface area contributed by atoms with Crippen molar-refractivity contribution >= 4 is 11.8 Å². The number of rotatable bonds is 2. The van der Waals surface area contributed by atoms with E-state index in [0.29, 0.717) is 11.8 Å². The van der Waals surface area contributed by atoms with E-state index in [0.717, 1.165) is 58.4 Å². The lowest BCUT2D eigenvalue weighted by Crippen LogP contribution is -2.52. The van der Waals surface area contributed by atoms with Gasteiger partial charge in [0.1, 0.15) is 0 Å². The number of piperazine rings is 1. The minimum atomic E-state index is 0.0875. The molecule has 0 aromatic rings. The molecule has 0 radical (unpaired) electrons. The van der Waals surface area contributed by atoms with E-state index in [1.165, 1.54) is 25.7 Å². The molecule has 1 saturated carbocycles. The largest absolute Gasteiger partial charge is 0.353 e. The molecule has 4 rings (SSSR count). The van der Waals surface area contributed by atoms with Gasteiger partial charge in [0, 0.05) is 39.1 Å². The molecule has 2 amide bonds. The second-order valence-corrected chi connectivity index (χ2v) is 8.22. The van der Waals surface area contributed by atoms with Gasteiger partial charge in [-0.15, -0.1) is 0 Å². The van der Waals surface area contributed by atoms with Crippen LogP contribution in [0.1, 0.15) is 51.4 Å². The molecule has 3 heterocycles. The number of nitrogens with one attached hydrogen (secondary N) is 1. The Morgan fingerprint density at radius 3 is 2.61 bits per heavy atom. The molecule has 4 aliphatic rings. The molecule has 3 saturated heterocycles. The topological polar surface area (TPSA) is 52.7 Å². The highest BCUT2D eigenvalue weighted by Gasteiger charge is 2.49. The van der Waals surface area contributed by atoms with Gasteiger partial charge in [0.2, 0.25) is 11.8 Å². The zero-order valence-corrected chi connectivity index (χ0v) is 14.1. The predicted octanol–water partition coefficient (Wildman–Crippen LogP) is 1.38. The molecule has 5 nitrogen and oxygen atoms in total. The zero-order valence-electron chi connectivity index (χ0n) is 14.1. The van der Waals surface area contributed by atoms with Gasteiger partial charge in [-0.3, -0.25) is 14.5 Å². The highest BCUT2D eigenvalue weighted by Crippen LogP contribution is 2.44. The van der Waals surface area contributed by atoms with Crippen LogP contribution in [0.2, 0.25) is 0 Å². The number of piperidine rings is 1. The molecule has 0 bridgehead atoms. The fourth-order valence-electron chi connectivity index (χ4n) is 5.26. The van der Waals surface area contributed by atoms with E-state index in [1.54, 1.807) is 0 Å².